The summed E-state index contributed by atoms with van der Waals surface area (Å²) in [4.78, 5) is 16.2. The van der Waals surface area contributed by atoms with E-state index in [2.05, 4.69) is 10.3 Å². The van der Waals surface area contributed by atoms with Crippen molar-refractivity contribution in [2.75, 3.05) is 19.8 Å². The fourth-order valence-corrected chi connectivity index (χ4v) is 2.44. The Morgan fingerprint density at radius 3 is 3.00 bits per heavy atom. The summed E-state index contributed by atoms with van der Waals surface area (Å²) in [6.45, 7) is 1.90. The maximum Gasteiger partial charge on any atom is 0.253 e. The van der Waals surface area contributed by atoms with Gasteiger partial charge in [0.05, 0.1) is 24.3 Å². The van der Waals surface area contributed by atoms with Crippen molar-refractivity contribution < 1.29 is 14.3 Å². The summed E-state index contributed by atoms with van der Waals surface area (Å²) in [7, 11) is 0. The molecular weight excluding hydrogens is 282 g/mol. The van der Waals surface area contributed by atoms with Crippen molar-refractivity contribution in [3.63, 3.8) is 0 Å². The molecule has 6 nitrogen and oxygen atoms in total. The smallest absolute Gasteiger partial charge is 0.253 e. The van der Waals surface area contributed by atoms with E-state index in [1.165, 1.54) is 25.1 Å². The number of hydrogen-bond donors (Lipinski definition) is 1. The first kappa shape index (κ1) is 14.9. The zero-order valence-electron chi connectivity index (χ0n) is 12.3. The fourth-order valence-electron chi connectivity index (χ4n) is 2.44. The second-order valence-corrected chi connectivity index (χ2v) is 5.80. The van der Waals surface area contributed by atoms with Gasteiger partial charge >= 0.3 is 0 Å². The van der Waals surface area contributed by atoms with Crippen LogP contribution in [0.1, 0.15) is 35.3 Å². The average Bonchev–Trinajstić information content (AvgIpc) is 3.38. The van der Waals surface area contributed by atoms with Crippen LogP contribution < -0.4 is 5.32 Å². The maximum atomic E-state index is 12.3. The Morgan fingerprint density at radius 2 is 2.32 bits per heavy atom. The van der Waals surface area contributed by atoms with Gasteiger partial charge in [-0.3, -0.25) is 4.79 Å². The molecule has 0 bridgehead atoms. The molecule has 1 saturated heterocycles. The van der Waals surface area contributed by atoms with E-state index < -0.39 is 0 Å². The number of nitrogens with zero attached hydrogens (tertiary/aromatic N) is 2. The lowest BCUT2D eigenvalue weighted by Crippen LogP contribution is -2.50. The molecular formula is C16H19N3O3. The van der Waals surface area contributed by atoms with Gasteiger partial charge in [-0.2, -0.15) is 5.26 Å². The van der Waals surface area contributed by atoms with Crippen LogP contribution in [0.15, 0.2) is 18.3 Å². The van der Waals surface area contributed by atoms with Crippen LogP contribution in [0, 0.1) is 17.2 Å². The molecule has 2 aliphatic rings. The van der Waals surface area contributed by atoms with Gasteiger partial charge < -0.3 is 14.8 Å². The number of nitrogens with one attached hydrogen (secondary N) is 1. The van der Waals surface area contributed by atoms with Crippen molar-refractivity contribution in [3.05, 3.63) is 29.6 Å². The molecule has 2 heterocycles. The lowest BCUT2D eigenvalue weighted by Gasteiger charge is -2.32. The number of hydrogen-bond acceptors (Lipinski definition) is 5. The number of amides is 1. The standard InChI is InChI=1S/C16H19N3O3/c17-7-13-4-3-12(8-18-13)16(20)19-14-10-21-6-5-15(14)22-9-11-1-2-11/h3-4,8,11,14-15H,1-2,5-6,9-10H2,(H,19,20). The van der Waals surface area contributed by atoms with E-state index in [4.69, 9.17) is 14.7 Å². The van der Waals surface area contributed by atoms with Gasteiger partial charge in [0.25, 0.3) is 5.91 Å². The third-order valence-electron chi connectivity index (χ3n) is 3.99. The normalized spacial score (nSPS) is 24.5. The third-order valence-corrected chi connectivity index (χ3v) is 3.99. The highest BCUT2D eigenvalue weighted by Gasteiger charge is 2.30. The van der Waals surface area contributed by atoms with E-state index in [0.29, 0.717) is 30.4 Å². The van der Waals surface area contributed by atoms with E-state index in [0.717, 1.165) is 13.0 Å². The molecule has 1 aromatic heterocycles. The van der Waals surface area contributed by atoms with Gasteiger partial charge in [0.1, 0.15) is 11.8 Å². The monoisotopic (exact) mass is 301 g/mol. The predicted molar refractivity (Wildman–Crippen MR) is 78.1 cm³/mol. The molecule has 0 radical (unpaired) electrons. The van der Waals surface area contributed by atoms with Gasteiger partial charge in [-0.25, -0.2) is 4.98 Å². The molecule has 1 aliphatic heterocycles. The van der Waals surface area contributed by atoms with Crippen LogP contribution in [0.3, 0.4) is 0 Å². The lowest BCUT2D eigenvalue weighted by atomic mass is 10.1. The Kier molecular flexibility index (Phi) is 4.66. The average molecular weight is 301 g/mol. The zero-order chi connectivity index (χ0) is 15.4. The van der Waals surface area contributed by atoms with Crippen molar-refractivity contribution in [3.8, 4) is 6.07 Å². The Labute approximate surface area is 129 Å². The Hall–Kier alpha value is -1.97. The first-order valence-corrected chi connectivity index (χ1v) is 7.62. The van der Waals surface area contributed by atoms with Crippen LogP contribution in [-0.2, 0) is 9.47 Å². The SMILES string of the molecule is N#Cc1ccc(C(=O)NC2COCCC2OCC2CC2)cn1. The minimum Gasteiger partial charge on any atom is -0.379 e. The second kappa shape index (κ2) is 6.86. The first-order valence-electron chi connectivity index (χ1n) is 7.62. The van der Waals surface area contributed by atoms with Crippen molar-refractivity contribution >= 4 is 5.91 Å². The van der Waals surface area contributed by atoms with Crippen LogP contribution >= 0.6 is 0 Å². The Bertz CT molecular complexity index is 563. The molecule has 116 valence electrons. The van der Waals surface area contributed by atoms with Gasteiger partial charge in [-0.15, -0.1) is 0 Å². The highest BCUT2D eigenvalue weighted by molar-refractivity contribution is 5.94. The molecule has 1 aromatic rings. The highest BCUT2D eigenvalue weighted by atomic mass is 16.5. The van der Waals surface area contributed by atoms with Crippen molar-refractivity contribution in [2.24, 2.45) is 5.92 Å². The number of rotatable bonds is 5. The van der Waals surface area contributed by atoms with E-state index in [9.17, 15) is 4.79 Å². The van der Waals surface area contributed by atoms with Crippen LogP contribution in [0.25, 0.3) is 0 Å². The molecule has 1 N–H and O–H groups in total. The van der Waals surface area contributed by atoms with Crippen LogP contribution in [-0.4, -0.2) is 42.9 Å². The summed E-state index contributed by atoms with van der Waals surface area (Å²) < 4.78 is 11.4. The van der Waals surface area contributed by atoms with Crippen LogP contribution in [0.2, 0.25) is 0 Å². The molecule has 22 heavy (non-hydrogen) atoms. The summed E-state index contributed by atoms with van der Waals surface area (Å²) >= 11 is 0. The predicted octanol–water partition coefficient (Wildman–Crippen LogP) is 1.27. The Balaban J connectivity index is 1.58. The summed E-state index contributed by atoms with van der Waals surface area (Å²) in [5, 5.41) is 11.7. The van der Waals surface area contributed by atoms with Gasteiger partial charge in [-0.05, 0) is 37.3 Å². The minimum atomic E-state index is -0.215. The first-order chi connectivity index (χ1) is 10.8. The van der Waals surface area contributed by atoms with Crippen molar-refractivity contribution in [1.82, 2.24) is 10.3 Å². The van der Waals surface area contributed by atoms with Gasteiger partial charge in [0.2, 0.25) is 0 Å². The molecule has 1 amide bonds. The van der Waals surface area contributed by atoms with Gasteiger partial charge in [0.15, 0.2) is 0 Å². The quantitative estimate of drug-likeness (QED) is 0.885. The number of aromatic nitrogens is 1. The maximum absolute atomic E-state index is 12.3. The number of pyridine rings is 1. The van der Waals surface area contributed by atoms with E-state index in [1.54, 1.807) is 6.07 Å². The molecule has 3 rings (SSSR count). The lowest BCUT2D eigenvalue weighted by molar-refractivity contribution is -0.0567. The number of ether oxygens (including phenoxy) is 2. The molecule has 1 aliphatic carbocycles. The van der Waals surface area contributed by atoms with Crippen molar-refractivity contribution in [2.45, 2.75) is 31.4 Å². The van der Waals surface area contributed by atoms with Gasteiger partial charge in [0, 0.05) is 19.4 Å². The van der Waals surface area contributed by atoms with E-state index in [-0.39, 0.29) is 18.1 Å². The number of carbonyl (C=O) groups is 1. The second-order valence-electron chi connectivity index (χ2n) is 5.80. The molecule has 1 saturated carbocycles. The number of carbonyl (C=O) groups excluding carboxylic acids is 1. The molecule has 0 aromatic carbocycles. The summed E-state index contributed by atoms with van der Waals surface area (Å²) in [6, 6.07) is 4.93. The topological polar surface area (TPSA) is 84.2 Å². The molecule has 0 spiro atoms. The van der Waals surface area contributed by atoms with Gasteiger partial charge in [-0.1, -0.05) is 0 Å². The molecule has 6 heteroatoms. The molecule has 2 fully saturated rings. The fraction of sp³-hybridized carbons (Fsp3) is 0.562. The van der Waals surface area contributed by atoms with Crippen molar-refractivity contribution in [1.29, 1.82) is 5.26 Å². The Morgan fingerprint density at radius 1 is 1.45 bits per heavy atom. The van der Waals surface area contributed by atoms with Crippen LogP contribution in [0.4, 0.5) is 0 Å². The van der Waals surface area contributed by atoms with Crippen LogP contribution in [0.5, 0.6) is 0 Å². The summed E-state index contributed by atoms with van der Waals surface area (Å²) in [5.74, 6) is 0.481. The minimum absolute atomic E-state index is 0.00430. The highest BCUT2D eigenvalue weighted by Crippen LogP contribution is 2.30. The number of nitriles is 1. The van der Waals surface area contributed by atoms with E-state index >= 15 is 0 Å². The third kappa shape index (κ3) is 3.81. The summed E-state index contributed by atoms with van der Waals surface area (Å²) in [5.41, 5.74) is 0.730. The van der Waals surface area contributed by atoms with E-state index in [1.807, 2.05) is 6.07 Å². The largest absolute Gasteiger partial charge is 0.379 e. The molecule has 2 unspecified atom stereocenters. The molecule has 2 atom stereocenters. The summed E-state index contributed by atoms with van der Waals surface area (Å²) in [6.07, 6.45) is 4.71. The zero-order valence-corrected chi connectivity index (χ0v) is 12.3.